The van der Waals surface area contributed by atoms with Crippen LogP contribution in [0, 0.1) is 11.8 Å². The van der Waals surface area contributed by atoms with Crippen molar-refractivity contribution in [1.82, 2.24) is 4.98 Å². The maximum Gasteiger partial charge on any atom is 0.392 e. The number of hydrogen-bond donors (Lipinski definition) is 2. The molecule has 0 aliphatic heterocycles. The van der Waals surface area contributed by atoms with Crippen LogP contribution in [0.15, 0.2) is 24.5 Å². The van der Waals surface area contributed by atoms with Gasteiger partial charge in [-0.25, -0.2) is 0 Å². The van der Waals surface area contributed by atoms with Crippen molar-refractivity contribution >= 4 is 0 Å². The topological polar surface area (TPSA) is 59.1 Å². The van der Waals surface area contributed by atoms with Crippen molar-refractivity contribution in [1.29, 1.82) is 0 Å². The summed E-state index contributed by atoms with van der Waals surface area (Å²) in [7, 11) is 0. The van der Waals surface area contributed by atoms with E-state index >= 15 is 0 Å². The van der Waals surface area contributed by atoms with Crippen LogP contribution >= 0.6 is 0 Å². The molecule has 4 atom stereocenters. The van der Waals surface area contributed by atoms with Crippen LogP contribution in [0.5, 0.6) is 0 Å². The zero-order valence-corrected chi connectivity index (χ0v) is 11.8. The second-order valence-electron chi connectivity index (χ2n) is 5.72. The van der Waals surface area contributed by atoms with Gasteiger partial charge in [0.2, 0.25) is 0 Å². The highest BCUT2D eigenvalue weighted by atomic mass is 19.4. The minimum atomic E-state index is -4.26. The first kappa shape index (κ1) is 16.2. The fourth-order valence-corrected chi connectivity index (χ4v) is 3.34. The molecule has 0 spiro atoms. The lowest BCUT2D eigenvalue weighted by atomic mass is 9.71. The zero-order valence-electron chi connectivity index (χ0n) is 11.8. The summed E-state index contributed by atoms with van der Waals surface area (Å²) in [6.45, 7) is 0.105. The summed E-state index contributed by atoms with van der Waals surface area (Å²) >= 11 is 0. The molecule has 1 saturated carbocycles. The zero-order chi connectivity index (χ0) is 15.5. The predicted octanol–water partition coefficient (Wildman–Crippen LogP) is 2.85. The number of nitrogens with zero attached hydrogens (tertiary/aromatic N) is 1. The Labute approximate surface area is 122 Å². The van der Waals surface area contributed by atoms with Crippen LogP contribution in [0.3, 0.4) is 0 Å². The van der Waals surface area contributed by atoms with Crippen LogP contribution in [-0.4, -0.2) is 28.9 Å². The normalized spacial score (nSPS) is 26.3. The Morgan fingerprint density at radius 1 is 1.33 bits per heavy atom. The van der Waals surface area contributed by atoms with Gasteiger partial charge in [-0.1, -0.05) is 18.9 Å². The van der Waals surface area contributed by atoms with E-state index in [2.05, 4.69) is 4.98 Å². The molecule has 2 rings (SSSR count). The van der Waals surface area contributed by atoms with E-state index in [4.69, 9.17) is 5.73 Å². The van der Waals surface area contributed by atoms with Crippen molar-refractivity contribution in [3.05, 3.63) is 30.1 Å². The third-order valence-corrected chi connectivity index (χ3v) is 4.46. The summed E-state index contributed by atoms with van der Waals surface area (Å²) in [6.07, 6.45) is -0.440. The molecule has 1 aliphatic rings. The molecule has 1 fully saturated rings. The average Bonchev–Trinajstić information content (AvgIpc) is 2.48. The molecule has 1 aromatic rings. The summed E-state index contributed by atoms with van der Waals surface area (Å²) in [4.78, 5) is 3.96. The third-order valence-electron chi connectivity index (χ3n) is 4.46. The molecule has 0 aromatic carbocycles. The largest absolute Gasteiger partial charge is 0.392 e. The van der Waals surface area contributed by atoms with E-state index in [-0.39, 0.29) is 13.0 Å². The fourth-order valence-electron chi connectivity index (χ4n) is 3.34. The first-order chi connectivity index (χ1) is 9.95. The maximum atomic E-state index is 13.2. The van der Waals surface area contributed by atoms with Gasteiger partial charge in [0.05, 0.1) is 12.0 Å². The standard InChI is InChI=1S/C15H21F3N2O/c16-15(17,18)13-6-2-1-5-11(13)14(21)12(8-19)10-4-3-7-20-9-10/h3-4,7,9,11-14,21H,1-2,5-6,8,19H2. The monoisotopic (exact) mass is 302 g/mol. The van der Waals surface area contributed by atoms with Crippen molar-refractivity contribution in [3.63, 3.8) is 0 Å². The number of alkyl halides is 3. The first-order valence-electron chi connectivity index (χ1n) is 7.30. The van der Waals surface area contributed by atoms with Gasteiger partial charge in [-0.2, -0.15) is 13.2 Å². The minimum Gasteiger partial charge on any atom is -0.392 e. The maximum absolute atomic E-state index is 13.2. The second kappa shape index (κ2) is 6.75. The Morgan fingerprint density at radius 2 is 2.05 bits per heavy atom. The molecule has 0 bridgehead atoms. The molecule has 0 radical (unpaired) electrons. The molecule has 4 unspecified atom stereocenters. The Morgan fingerprint density at radius 3 is 2.62 bits per heavy atom. The second-order valence-corrected chi connectivity index (χ2v) is 5.72. The molecule has 1 heterocycles. The Hall–Kier alpha value is -1.14. The summed E-state index contributed by atoms with van der Waals surface area (Å²) in [5.74, 6) is -2.73. The van der Waals surface area contributed by atoms with Crippen LogP contribution in [0.1, 0.15) is 37.2 Å². The van der Waals surface area contributed by atoms with Gasteiger partial charge in [0, 0.05) is 24.9 Å². The molecular weight excluding hydrogens is 281 g/mol. The van der Waals surface area contributed by atoms with Gasteiger partial charge in [-0.15, -0.1) is 0 Å². The van der Waals surface area contributed by atoms with Crippen molar-refractivity contribution in [2.24, 2.45) is 17.6 Å². The van der Waals surface area contributed by atoms with E-state index in [0.29, 0.717) is 18.4 Å². The van der Waals surface area contributed by atoms with Crippen molar-refractivity contribution in [2.45, 2.75) is 43.9 Å². The van der Waals surface area contributed by atoms with Gasteiger partial charge in [0.1, 0.15) is 0 Å². The molecular formula is C15H21F3N2O. The highest BCUT2D eigenvalue weighted by Gasteiger charge is 2.48. The summed E-state index contributed by atoms with van der Waals surface area (Å²) in [5, 5.41) is 10.5. The van der Waals surface area contributed by atoms with Crippen LogP contribution < -0.4 is 5.73 Å². The number of aliphatic hydroxyl groups excluding tert-OH is 1. The van der Waals surface area contributed by atoms with Crippen LogP contribution in [0.4, 0.5) is 13.2 Å². The van der Waals surface area contributed by atoms with Gasteiger partial charge < -0.3 is 10.8 Å². The molecule has 0 amide bonds. The number of aliphatic hydroxyl groups is 1. The lowest BCUT2D eigenvalue weighted by Gasteiger charge is -2.38. The van der Waals surface area contributed by atoms with Gasteiger partial charge in [0.25, 0.3) is 0 Å². The van der Waals surface area contributed by atoms with Crippen molar-refractivity contribution in [2.75, 3.05) is 6.54 Å². The van der Waals surface area contributed by atoms with Gasteiger partial charge >= 0.3 is 6.18 Å². The smallest absolute Gasteiger partial charge is 0.392 e. The van der Waals surface area contributed by atoms with E-state index in [1.807, 2.05) is 0 Å². The minimum absolute atomic E-state index is 0.0928. The number of nitrogens with two attached hydrogens (primary N) is 1. The van der Waals surface area contributed by atoms with E-state index in [1.54, 1.807) is 24.5 Å². The van der Waals surface area contributed by atoms with E-state index < -0.39 is 30.0 Å². The van der Waals surface area contributed by atoms with Crippen LogP contribution in [0.25, 0.3) is 0 Å². The lowest BCUT2D eigenvalue weighted by molar-refractivity contribution is -0.207. The SMILES string of the molecule is NCC(c1cccnc1)C(O)C1CCCCC1C(F)(F)F. The molecule has 21 heavy (non-hydrogen) atoms. The van der Waals surface area contributed by atoms with Crippen LogP contribution in [0.2, 0.25) is 0 Å². The summed E-state index contributed by atoms with van der Waals surface area (Å²) in [6, 6.07) is 3.45. The van der Waals surface area contributed by atoms with Crippen molar-refractivity contribution < 1.29 is 18.3 Å². The predicted molar refractivity (Wildman–Crippen MR) is 73.5 cm³/mol. The van der Waals surface area contributed by atoms with Gasteiger partial charge in [-0.05, 0) is 30.4 Å². The van der Waals surface area contributed by atoms with Gasteiger partial charge in [0.15, 0.2) is 0 Å². The number of halogens is 3. The molecule has 1 aliphatic carbocycles. The quantitative estimate of drug-likeness (QED) is 0.899. The van der Waals surface area contributed by atoms with E-state index in [0.717, 1.165) is 6.42 Å². The molecule has 118 valence electrons. The number of pyridine rings is 1. The molecule has 0 saturated heterocycles. The number of rotatable bonds is 4. The highest BCUT2D eigenvalue weighted by molar-refractivity contribution is 5.17. The van der Waals surface area contributed by atoms with Crippen LogP contribution in [-0.2, 0) is 0 Å². The molecule has 1 aromatic heterocycles. The number of aromatic nitrogens is 1. The first-order valence-corrected chi connectivity index (χ1v) is 7.30. The van der Waals surface area contributed by atoms with E-state index in [9.17, 15) is 18.3 Å². The molecule has 6 heteroatoms. The Bertz CT molecular complexity index is 438. The van der Waals surface area contributed by atoms with Crippen molar-refractivity contribution in [3.8, 4) is 0 Å². The summed E-state index contributed by atoms with van der Waals surface area (Å²) in [5.41, 5.74) is 6.39. The highest BCUT2D eigenvalue weighted by Crippen LogP contribution is 2.45. The molecule has 3 nitrogen and oxygen atoms in total. The summed E-state index contributed by atoms with van der Waals surface area (Å²) < 4.78 is 39.5. The van der Waals surface area contributed by atoms with Gasteiger partial charge in [-0.3, -0.25) is 4.98 Å². The third kappa shape index (κ3) is 3.74. The fraction of sp³-hybridized carbons (Fsp3) is 0.667. The molecule has 3 N–H and O–H groups in total. The lowest BCUT2D eigenvalue weighted by Crippen LogP contribution is -2.43. The average molecular weight is 302 g/mol. The Kier molecular flexibility index (Phi) is 5.22. The van der Waals surface area contributed by atoms with E-state index in [1.165, 1.54) is 0 Å². The Balaban J connectivity index is 2.21. The number of hydrogen-bond acceptors (Lipinski definition) is 3.